The maximum atomic E-state index is 12.8. The molecule has 1 saturated heterocycles. The number of aromatic nitrogens is 4. The first-order valence-corrected chi connectivity index (χ1v) is 8.47. The fourth-order valence-electron chi connectivity index (χ4n) is 3.27. The van der Waals surface area contributed by atoms with E-state index in [9.17, 15) is 9.90 Å². The zero-order valence-corrected chi connectivity index (χ0v) is 14.3. The minimum atomic E-state index is -1.14. The summed E-state index contributed by atoms with van der Waals surface area (Å²) in [6, 6.07) is 7.87. The molecule has 130 valence electrons. The summed E-state index contributed by atoms with van der Waals surface area (Å²) in [6.07, 6.45) is 5.97. The van der Waals surface area contributed by atoms with Crippen LogP contribution in [-0.4, -0.2) is 48.4 Å². The van der Waals surface area contributed by atoms with Gasteiger partial charge in [0.1, 0.15) is 11.3 Å². The predicted molar refractivity (Wildman–Crippen MR) is 92.2 cm³/mol. The van der Waals surface area contributed by atoms with Crippen LogP contribution in [0.25, 0.3) is 5.52 Å². The number of hydrogen-bond acceptors (Lipinski definition) is 4. The second-order valence-electron chi connectivity index (χ2n) is 6.95. The number of rotatable bonds is 3. The monoisotopic (exact) mass is 339 g/mol. The molecule has 0 spiro atoms. The van der Waals surface area contributed by atoms with E-state index in [1.807, 2.05) is 54.9 Å². The van der Waals surface area contributed by atoms with E-state index in [0.29, 0.717) is 24.2 Å². The molecule has 4 heterocycles. The molecule has 3 aromatic rings. The number of pyridine rings is 1. The fraction of sp³-hybridized carbons (Fsp3) is 0.389. The van der Waals surface area contributed by atoms with Crippen molar-refractivity contribution in [1.82, 2.24) is 24.3 Å². The normalized spacial score (nSPS) is 20.7. The molecule has 1 aliphatic rings. The number of carbonyl (C=O) groups is 1. The van der Waals surface area contributed by atoms with E-state index >= 15 is 0 Å². The van der Waals surface area contributed by atoms with Crippen LogP contribution in [0.15, 0.2) is 42.9 Å². The molecule has 7 heteroatoms. The molecule has 3 aromatic heterocycles. The molecule has 7 nitrogen and oxygen atoms in total. The highest BCUT2D eigenvalue weighted by atomic mass is 16.3. The average Bonchev–Trinajstić information content (AvgIpc) is 3.32. The summed E-state index contributed by atoms with van der Waals surface area (Å²) in [5, 5.41) is 19.1. The average molecular weight is 339 g/mol. The number of amides is 1. The Kier molecular flexibility index (Phi) is 3.61. The number of carbonyl (C=O) groups excluding carboxylic acids is 1. The van der Waals surface area contributed by atoms with Gasteiger partial charge in [0.15, 0.2) is 0 Å². The predicted octanol–water partition coefficient (Wildman–Crippen LogP) is 1.85. The Morgan fingerprint density at radius 2 is 2.16 bits per heavy atom. The second-order valence-corrected chi connectivity index (χ2v) is 6.95. The molecule has 0 bridgehead atoms. The van der Waals surface area contributed by atoms with Gasteiger partial charge in [0.2, 0.25) is 0 Å². The van der Waals surface area contributed by atoms with Gasteiger partial charge in [-0.25, -0.2) is 4.68 Å². The van der Waals surface area contributed by atoms with Crippen molar-refractivity contribution >= 4 is 11.4 Å². The summed E-state index contributed by atoms with van der Waals surface area (Å²) >= 11 is 0. The van der Waals surface area contributed by atoms with Crippen molar-refractivity contribution in [2.45, 2.75) is 31.9 Å². The van der Waals surface area contributed by atoms with Gasteiger partial charge in [-0.05, 0) is 32.0 Å². The fourth-order valence-corrected chi connectivity index (χ4v) is 3.27. The lowest BCUT2D eigenvalue weighted by atomic mass is 10.00. The van der Waals surface area contributed by atoms with Crippen LogP contribution in [0, 0.1) is 0 Å². The molecule has 1 aliphatic heterocycles. The lowest BCUT2D eigenvalue weighted by molar-refractivity contribution is 0.0381. The van der Waals surface area contributed by atoms with Crippen LogP contribution >= 0.6 is 0 Å². The molecule has 1 amide bonds. The maximum absolute atomic E-state index is 12.8. The first-order chi connectivity index (χ1) is 12.0. The Morgan fingerprint density at radius 1 is 1.32 bits per heavy atom. The number of fused-ring (bicyclic) bond motifs is 1. The van der Waals surface area contributed by atoms with Crippen LogP contribution < -0.4 is 0 Å². The molecule has 0 saturated carbocycles. The van der Waals surface area contributed by atoms with Crippen molar-refractivity contribution in [3.05, 3.63) is 54.1 Å². The lowest BCUT2D eigenvalue weighted by Gasteiger charge is -2.20. The number of hydrogen-bond donors (Lipinski definition) is 1. The highest BCUT2D eigenvalue weighted by molar-refractivity contribution is 5.95. The van der Waals surface area contributed by atoms with E-state index in [1.165, 1.54) is 0 Å². The third kappa shape index (κ3) is 2.70. The van der Waals surface area contributed by atoms with Crippen LogP contribution in [-0.2, 0) is 5.60 Å². The summed E-state index contributed by atoms with van der Waals surface area (Å²) in [7, 11) is 0. The molecule has 0 unspecified atom stereocenters. The van der Waals surface area contributed by atoms with Crippen LogP contribution in [0.4, 0.5) is 0 Å². The molecule has 25 heavy (non-hydrogen) atoms. The van der Waals surface area contributed by atoms with Crippen molar-refractivity contribution in [2.75, 3.05) is 13.1 Å². The van der Waals surface area contributed by atoms with Gasteiger partial charge in [0.05, 0.1) is 18.3 Å². The van der Waals surface area contributed by atoms with Crippen LogP contribution in [0.5, 0.6) is 0 Å². The largest absolute Gasteiger partial charge is 0.381 e. The van der Waals surface area contributed by atoms with Gasteiger partial charge in [0, 0.05) is 36.9 Å². The summed E-state index contributed by atoms with van der Waals surface area (Å²) in [5.41, 5.74) is 0.988. The smallest absolute Gasteiger partial charge is 0.255 e. The molecule has 0 aromatic carbocycles. The van der Waals surface area contributed by atoms with Gasteiger partial charge in [0.25, 0.3) is 5.91 Å². The van der Waals surface area contributed by atoms with Crippen molar-refractivity contribution in [1.29, 1.82) is 0 Å². The molecule has 1 fully saturated rings. The topological polar surface area (TPSA) is 75.7 Å². The van der Waals surface area contributed by atoms with E-state index in [1.54, 1.807) is 15.8 Å². The maximum Gasteiger partial charge on any atom is 0.255 e. The van der Waals surface area contributed by atoms with Gasteiger partial charge < -0.3 is 14.4 Å². The van der Waals surface area contributed by atoms with Gasteiger partial charge in [-0.3, -0.25) is 4.79 Å². The Labute approximate surface area is 145 Å². The number of likely N-dealkylation sites (tertiary alicyclic amines) is 1. The van der Waals surface area contributed by atoms with Gasteiger partial charge in [-0.15, -0.1) is 5.10 Å². The number of nitrogens with zero attached hydrogens (tertiary/aromatic N) is 5. The summed E-state index contributed by atoms with van der Waals surface area (Å²) < 4.78 is 3.64. The van der Waals surface area contributed by atoms with Gasteiger partial charge >= 0.3 is 0 Å². The molecule has 4 rings (SSSR count). The third-order valence-electron chi connectivity index (χ3n) is 4.80. The summed E-state index contributed by atoms with van der Waals surface area (Å²) in [4.78, 5) is 14.5. The molecule has 0 radical (unpaired) electrons. The minimum Gasteiger partial charge on any atom is -0.381 e. The van der Waals surface area contributed by atoms with Crippen molar-refractivity contribution in [3.63, 3.8) is 0 Å². The van der Waals surface area contributed by atoms with E-state index in [2.05, 4.69) is 10.3 Å². The third-order valence-corrected chi connectivity index (χ3v) is 4.80. The quantitative estimate of drug-likeness (QED) is 0.790. The first-order valence-electron chi connectivity index (χ1n) is 8.47. The van der Waals surface area contributed by atoms with E-state index < -0.39 is 5.60 Å². The van der Waals surface area contributed by atoms with Crippen molar-refractivity contribution in [2.24, 2.45) is 0 Å². The molecular formula is C18H21N5O2. The number of aliphatic hydroxyl groups is 1. The van der Waals surface area contributed by atoms with Crippen LogP contribution in [0.2, 0.25) is 0 Å². The summed E-state index contributed by atoms with van der Waals surface area (Å²) in [5.74, 6) is -0.0733. The molecular weight excluding hydrogens is 318 g/mol. The van der Waals surface area contributed by atoms with E-state index in [4.69, 9.17) is 0 Å². The van der Waals surface area contributed by atoms with E-state index in [-0.39, 0.29) is 18.5 Å². The van der Waals surface area contributed by atoms with Gasteiger partial charge in [-0.1, -0.05) is 11.3 Å². The van der Waals surface area contributed by atoms with Crippen LogP contribution in [0.3, 0.4) is 0 Å². The second kappa shape index (κ2) is 5.70. The minimum absolute atomic E-state index is 0.0733. The molecule has 1 atom stereocenters. The van der Waals surface area contributed by atoms with Crippen molar-refractivity contribution in [3.8, 4) is 0 Å². The van der Waals surface area contributed by atoms with Crippen LogP contribution in [0.1, 0.15) is 42.4 Å². The highest BCUT2D eigenvalue weighted by Gasteiger charge is 2.42. The Balaban J connectivity index is 1.55. The Bertz CT molecular complexity index is 895. The summed E-state index contributed by atoms with van der Waals surface area (Å²) in [6.45, 7) is 4.74. The van der Waals surface area contributed by atoms with Crippen molar-refractivity contribution < 1.29 is 9.90 Å². The Hall–Kier alpha value is -2.67. The number of β-amino-alcohol motifs (C(OH)–C–C–N with tert-alkyl or cyclic N) is 1. The van der Waals surface area contributed by atoms with Gasteiger partial charge in [-0.2, -0.15) is 0 Å². The van der Waals surface area contributed by atoms with E-state index in [0.717, 1.165) is 5.52 Å². The zero-order chi connectivity index (χ0) is 17.6. The zero-order valence-electron chi connectivity index (χ0n) is 14.3. The highest BCUT2D eigenvalue weighted by Crippen LogP contribution is 2.31. The molecule has 0 aliphatic carbocycles. The lowest BCUT2D eigenvalue weighted by Crippen LogP contribution is -2.34. The standard InChI is InChI=1S/C18H21N5O2/c1-13(2)23-11-16(19-20-23)18(25)6-8-22(12-18)17(24)14-9-15-5-3-4-7-21(15)10-14/h3-5,7,9-11,13,25H,6,8,12H2,1-2H3/t18-/m0/s1. The molecule has 1 N–H and O–H groups in total. The Morgan fingerprint density at radius 3 is 2.88 bits per heavy atom. The first kappa shape index (κ1) is 15.8. The SMILES string of the molecule is CC(C)n1cc([C@]2(O)CCN(C(=O)c3cc4ccccn4c3)C2)nn1.